The molecule has 2 atom stereocenters. The van der Waals surface area contributed by atoms with Crippen LogP contribution in [-0.2, 0) is 4.74 Å². The van der Waals surface area contributed by atoms with E-state index in [0.29, 0.717) is 6.04 Å². The number of rotatable bonds is 4. The van der Waals surface area contributed by atoms with Crippen LogP contribution in [0.2, 0.25) is 0 Å². The number of nitrogens with zero attached hydrogens (tertiary/aromatic N) is 1. The Kier molecular flexibility index (Phi) is 4.42. The topological polar surface area (TPSA) is 24.5 Å². The Balaban J connectivity index is 1.61. The second kappa shape index (κ2) is 5.83. The van der Waals surface area contributed by atoms with E-state index >= 15 is 0 Å². The molecule has 2 rings (SSSR count). The molecule has 0 aromatic rings. The fourth-order valence-corrected chi connectivity index (χ4v) is 2.60. The highest BCUT2D eigenvalue weighted by Gasteiger charge is 2.22. The number of nitrogens with one attached hydrogen (secondary N) is 1. The van der Waals surface area contributed by atoms with Crippen molar-refractivity contribution in [1.29, 1.82) is 0 Å². The van der Waals surface area contributed by atoms with Crippen LogP contribution < -0.4 is 5.32 Å². The summed E-state index contributed by atoms with van der Waals surface area (Å²) >= 11 is 0. The molecule has 0 amide bonds. The van der Waals surface area contributed by atoms with Gasteiger partial charge >= 0.3 is 0 Å². The average molecular weight is 212 g/mol. The molecular weight excluding hydrogens is 188 g/mol. The van der Waals surface area contributed by atoms with E-state index < -0.39 is 0 Å². The molecule has 1 N–H and O–H groups in total. The van der Waals surface area contributed by atoms with E-state index in [1.165, 1.54) is 45.4 Å². The van der Waals surface area contributed by atoms with Crippen LogP contribution in [-0.4, -0.2) is 50.3 Å². The third-order valence-corrected chi connectivity index (χ3v) is 3.67. The lowest BCUT2D eigenvalue weighted by Crippen LogP contribution is -2.39. The highest BCUT2D eigenvalue weighted by molar-refractivity contribution is 4.79. The van der Waals surface area contributed by atoms with E-state index in [2.05, 4.69) is 17.1 Å². The molecule has 15 heavy (non-hydrogen) atoms. The monoisotopic (exact) mass is 212 g/mol. The van der Waals surface area contributed by atoms with E-state index in [0.717, 1.165) is 19.1 Å². The second-order valence-electron chi connectivity index (χ2n) is 4.87. The van der Waals surface area contributed by atoms with Crippen molar-refractivity contribution in [2.75, 3.05) is 39.4 Å². The zero-order valence-corrected chi connectivity index (χ0v) is 9.87. The van der Waals surface area contributed by atoms with Crippen LogP contribution in [0, 0.1) is 5.92 Å². The number of ether oxygens (including phenoxy) is 1. The van der Waals surface area contributed by atoms with Gasteiger partial charge in [0.2, 0.25) is 0 Å². The smallest absolute Gasteiger partial charge is 0.0619 e. The van der Waals surface area contributed by atoms with Crippen LogP contribution in [0.15, 0.2) is 0 Å². The Morgan fingerprint density at radius 1 is 1.40 bits per heavy atom. The van der Waals surface area contributed by atoms with Crippen LogP contribution in [0.1, 0.15) is 26.2 Å². The molecule has 0 saturated carbocycles. The van der Waals surface area contributed by atoms with Crippen molar-refractivity contribution >= 4 is 0 Å². The van der Waals surface area contributed by atoms with E-state index in [1.54, 1.807) is 0 Å². The van der Waals surface area contributed by atoms with E-state index in [-0.39, 0.29) is 0 Å². The van der Waals surface area contributed by atoms with Crippen LogP contribution in [0.5, 0.6) is 0 Å². The summed E-state index contributed by atoms with van der Waals surface area (Å²) in [6.45, 7) is 9.12. The fourth-order valence-electron chi connectivity index (χ4n) is 2.60. The van der Waals surface area contributed by atoms with E-state index in [4.69, 9.17) is 4.74 Å². The third kappa shape index (κ3) is 3.44. The summed E-state index contributed by atoms with van der Waals surface area (Å²) < 4.78 is 5.47. The third-order valence-electron chi connectivity index (χ3n) is 3.67. The van der Waals surface area contributed by atoms with Crippen molar-refractivity contribution < 1.29 is 4.74 Å². The number of likely N-dealkylation sites (tertiary alicyclic amines) is 1. The summed E-state index contributed by atoms with van der Waals surface area (Å²) in [4.78, 5) is 2.55. The zero-order valence-electron chi connectivity index (χ0n) is 9.87. The summed E-state index contributed by atoms with van der Waals surface area (Å²) in [5.74, 6) is 0.867. The summed E-state index contributed by atoms with van der Waals surface area (Å²) in [7, 11) is 0. The minimum absolute atomic E-state index is 0.620. The summed E-state index contributed by atoms with van der Waals surface area (Å²) in [6.07, 6.45) is 3.89. The van der Waals surface area contributed by atoms with Gasteiger partial charge < -0.3 is 15.0 Å². The quantitative estimate of drug-likeness (QED) is 0.755. The Hall–Kier alpha value is -0.120. The van der Waals surface area contributed by atoms with Crippen molar-refractivity contribution in [3.63, 3.8) is 0 Å². The highest BCUT2D eigenvalue weighted by Crippen LogP contribution is 2.15. The Morgan fingerprint density at radius 3 is 3.00 bits per heavy atom. The molecule has 0 bridgehead atoms. The van der Waals surface area contributed by atoms with Gasteiger partial charge in [0, 0.05) is 19.2 Å². The van der Waals surface area contributed by atoms with Gasteiger partial charge in [-0.25, -0.2) is 0 Å². The minimum atomic E-state index is 0.620. The van der Waals surface area contributed by atoms with Crippen molar-refractivity contribution in [3.8, 4) is 0 Å². The first-order valence-electron chi connectivity index (χ1n) is 6.42. The standard InChI is InChI=1S/C12H24N2O/c1-2-14-6-5-11(9-14)8-13-12-4-3-7-15-10-12/h11-13H,2-10H2,1H3. The minimum Gasteiger partial charge on any atom is -0.380 e. The van der Waals surface area contributed by atoms with Crippen LogP contribution in [0.3, 0.4) is 0 Å². The zero-order chi connectivity index (χ0) is 10.5. The SMILES string of the molecule is CCN1CCC(CNC2CCCOC2)C1. The van der Waals surface area contributed by atoms with Gasteiger partial charge in [-0.3, -0.25) is 0 Å². The number of hydrogen-bond donors (Lipinski definition) is 1. The molecule has 3 nitrogen and oxygen atoms in total. The van der Waals surface area contributed by atoms with Gasteiger partial charge in [-0.2, -0.15) is 0 Å². The molecule has 0 aromatic carbocycles. The predicted octanol–water partition coefficient (Wildman–Crippen LogP) is 1.10. The molecule has 2 aliphatic rings. The molecule has 0 aromatic heterocycles. The van der Waals surface area contributed by atoms with Gasteiger partial charge in [-0.05, 0) is 44.8 Å². The Bertz CT molecular complexity index is 180. The van der Waals surface area contributed by atoms with Crippen molar-refractivity contribution in [1.82, 2.24) is 10.2 Å². The lowest BCUT2D eigenvalue weighted by molar-refractivity contribution is 0.0692. The maximum Gasteiger partial charge on any atom is 0.0619 e. The summed E-state index contributed by atoms with van der Waals surface area (Å²) in [5.41, 5.74) is 0. The average Bonchev–Trinajstić information content (AvgIpc) is 2.76. The summed E-state index contributed by atoms with van der Waals surface area (Å²) in [5, 5.41) is 3.66. The molecule has 2 saturated heterocycles. The van der Waals surface area contributed by atoms with Crippen LogP contribution in [0.25, 0.3) is 0 Å². The van der Waals surface area contributed by atoms with Crippen LogP contribution >= 0.6 is 0 Å². The molecule has 0 aliphatic carbocycles. The van der Waals surface area contributed by atoms with E-state index in [1.807, 2.05) is 0 Å². The molecule has 2 heterocycles. The molecule has 2 aliphatic heterocycles. The first-order chi connectivity index (χ1) is 7.38. The molecule has 2 fully saturated rings. The molecule has 0 radical (unpaired) electrons. The van der Waals surface area contributed by atoms with Gasteiger partial charge in [-0.15, -0.1) is 0 Å². The predicted molar refractivity (Wildman–Crippen MR) is 62.1 cm³/mol. The lowest BCUT2D eigenvalue weighted by atomic mass is 10.1. The number of hydrogen-bond acceptors (Lipinski definition) is 3. The molecule has 0 spiro atoms. The molecule has 2 unspecified atom stereocenters. The van der Waals surface area contributed by atoms with Crippen molar-refractivity contribution in [2.45, 2.75) is 32.2 Å². The van der Waals surface area contributed by atoms with Crippen molar-refractivity contribution in [2.24, 2.45) is 5.92 Å². The Morgan fingerprint density at radius 2 is 2.33 bits per heavy atom. The lowest BCUT2D eigenvalue weighted by Gasteiger charge is -2.24. The molecule has 3 heteroatoms. The van der Waals surface area contributed by atoms with Gasteiger partial charge in [0.25, 0.3) is 0 Å². The maximum atomic E-state index is 5.47. The molecule has 88 valence electrons. The Labute approximate surface area is 93.2 Å². The summed E-state index contributed by atoms with van der Waals surface area (Å²) in [6, 6.07) is 0.620. The van der Waals surface area contributed by atoms with Gasteiger partial charge in [0.05, 0.1) is 6.61 Å². The highest BCUT2D eigenvalue weighted by atomic mass is 16.5. The normalized spacial score (nSPS) is 33.4. The largest absolute Gasteiger partial charge is 0.380 e. The van der Waals surface area contributed by atoms with Gasteiger partial charge in [-0.1, -0.05) is 6.92 Å². The molecular formula is C12H24N2O. The van der Waals surface area contributed by atoms with Crippen molar-refractivity contribution in [3.05, 3.63) is 0 Å². The van der Waals surface area contributed by atoms with E-state index in [9.17, 15) is 0 Å². The van der Waals surface area contributed by atoms with Gasteiger partial charge in [0.15, 0.2) is 0 Å². The van der Waals surface area contributed by atoms with Gasteiger partial charge in [0.1, 0.15) is 0 Å². The fraction of sp³-hybridized carbons (Fsp3) is 1.00. The first kappa shape index (κ1) is 11.4. The van der Waals surface area contributed by atoms with Crippen LogP contribution in [0.4, 0.5) is 0 Å². The second-order valence-corrected chi connectivity index (χ2v) is 4.87. The first-order valence-corrected chi connectivity index (χ1v) is 6.42. The maximum absolute atomic E-state index is 5.47.